The first kappa shape index (κ1) is 28.2. The number of halogens is 6. The number of hydrogen-bond donors (Lipinski definition) is 0. The molecule has 3 aromatic carbocycles. The molecule has 0 aromatic heterocycles. The van der Waals surface area contributed by atoms with Crippen molar-refractivity contribution in [1.29, 1.82) is 0 Å². The molecular formula is C29H30F6O3. The third kappa shape index (κ3) is 7.20. The summed E-state index contributed by atoms with van der Waals surface area (Å²) in [5.41, 5.74) is 1.19. The fourth-order valence-corrected chi connectivity index (χ4v) is 4.71. The molecule has 0 aliphatic carbocycles. The lowest BCUT2D eigenvalue weighted by atomic mass is 9.98. The second kappa shape index (κ2) is 12.4. The van der Waals surface area contributed by atoms with Crippen LogP contribution in [0.4, 0.5) is 26.3 Å². The van der Waals surface area contributed by atoms with Gasteiger partial charge in [-0.05, 0) is 54.0 Å². The number of unbranched alkanes of at least 4 members (excludes halogenated alkanes) is 3. The van der Waals surface area contributed by atoms with Gasteiger partial charge in [-0.1, -0.05) is 56.9 Å². The van der Waals surface area contributed by atoms with E-state index < -0.39 is 35.9 Å². The average Bonchev–Trinajstić information content (AvgIpc) is 2.88. The van der Waals surface area contributed by atoms with Crippen LogP contribution in [0.15, 0.2) is 42.5 Å². The van der Waals surface area contributed by atoms with Crippen LogP contribution in [-0.4, -0.2) is 19.6 Å². The van der Waals surface area contributed by atoms with Crippen molar-refractivity contribution in [1.82, 2.24) is 0 Å². The van der Waals surface area contributed by atoms with Crippen LogP contribution in [0.1, 0.15) is 62.0 Å². The van der Waals surface area contributed by atoms with Gasteiger partial charge in [-0.15, -0.1) is 13.2 Å². The zero-order valence-corrected chi connectivity index (χ0v) is 21.1. The van der Waals surface area contributed by atoms with Crippen LogP contribution >= 0.6 is 0 Å². The number of alkyl halides is 3. The van der Waals surface area contributed by atoms with E-state index in [1.807, 2.05) is 6.07 Å². The van der Waals surface area contributed by atoms with E-state index in [0.717, 1.165) is 30.5 Å². The molecule has 4 rings (SSSR count). The summed E-state index contributed by atoms with van der Waals surface area (Å²) < 4.78 is 95.5. The Morgan fingerprint density at radius 1 is 0.868 bits per heavy atom. The van der Waals surface area contributed by atoms with Crippen LogP contribution in [-0.2, 0) is 22.3 Å². The van der Waals surface area contributed by atoms with Crippen LogP contribution < -0.4 is 4.74 Å². The molecule has 0 radical (unpaired) electrons. The van der Waals surface area contributed by atoms with E-state index in [9.17, 15) is 22.0 Å². The van der Waals surface area contributed by atoms with Gasteiger partial charge in [0.1, 0.15) is 5.82 Å². The second-order valence-electron chi connectivity index (χ2n) is 9.67. The van der Waals surface area contributed by atoms with E-state index in [1.165, 1.54) is 19.3 Å². The zero-order chi connectivity index (χ0) is 27.3. The number of ether oxygens (including phenoxy) is 3. The molecule has 0 saturated carbocycles. The van der Waals surface area contributed by atoms with Crippen LogP contribution in [0.25, 0.3) is 10.8 Å². The molecule has 9 heteroatoms. The molecule has 1 aliphatic rings. The summed E-state index contributed by atoms with van der Waals surface area (Å²) in [7, 11) is 0. The van der Waals surface area contributed by atoms with Crippen LogP contribution in [0, 0.1) is 23.4 Å². The van der Waals surface area contributed by atoms with E-state index in [4.69, 9.17) is 9.47 Å². The fraction of sp³-hybridized carbons (Fsp3) is 0.448. The first-order valence-electron chi connectivity index (χ1n) is 12.8. The Bertz CT molecular complexity index is 1210. The topological polar surface area (TPSA) is 27.7 Å². The van der Waals surface area contributed by atoms with Gasteiger partial charge >= 0.3 is 6.36 Å². The first-order chi connectivity index (χ1) is 18.1. The van der Waals surface area contributed by atoms with Gasteiger partial charge in [0.2, 0.25) is 5.75 Å². The molecule has 0 N–H and O–H groups in total. The summed E-state index contributed by atoms with van der Waals surface area (Å²) in [6, 6.07) is 10.1. The van der Waals surface area contributed by atoms with Crippen molar-refractivity contribution in [2.45, 2.75) is 64.5 Å². The van der Waals surface area contributed by atoms with Crippen molar-refractivity contribution in [3.8, 4) is 5.75 Å². The summed E-state index contributed by atoms with van der Waals surface area (Å²) in [5.74, 6) is -4.55. The lowest BCUT2D eigenvalue weighted by Crippen LogP contribution is -2.27. The van der Waals surface area contributed by atoms with Gasteiger partial charge in [-0.25, -0.2) is 13.2 Å². The lowest BCUT2D eigenvalue weighted by molar-refractivity contribution is -0.276. The molecule has 1 fully saturated rings. The Hall–Kier alpha value is -2.78. The molecule has 38 heavy (non-hydrogen) atoms. The molecule has 1 heterocycles. The van der Waals surface area contributed by atoms with Crippen LogP contribution in [0.5, 0.6) is 5.75 Å². The summed E-state index contributed by atoms with van der Waals surface area (Å²) in [4.78, 5) is 0. The molecule has 0 amide bonds. The quantitative estimate of drug-likeness (QED) is 0.190. The van der Waals surface area contributed by atoms with Crippen molar-refractivity contribution in [3.63, 3.8) is 0 Å². The Labute approximate surface area is 217 Å². The summed E-state index contributed by atoms with van der Waals surface area (Å²) in [6.07, 6.45) is 0.259. The van der Waals surface area contributed by atoms with Gasteiger partial charge in [0.05, 0.1) is 13.2 Å². The van der Waals surface area contributed by atoms with Crippen molar-refractivity contribution in [2.24, 2.45) is 5.92 Å². The predicted octanol–water partition coefficient (Wildman–Crippen LogP) is 8.57. The normalized spacial score (nSPS) is 18.2. The van der Waals surface area contributed by atoms with Gasteiger partial charge in [0.25, 0.3) is 0 Å². The summed E-state index contributed by atoms with van der Waals surface area (Å²) in [5, 5.41) is 1.03. The van der Waals surface area contributed by atoms with E-state index in [1.54, 1.807) is 24.3 Å². The summed E-state index contributed by atoms with van der Waals surface area (Å²) in [6.45, 7) is 3.42. The van der Waals surface area contributed by atoms with Crippen molar-refractivity contribution in [2.75, 3.05) is 13.2 Å². The number of aryl methyl sites for hydroxylation is 2. The SMILES string of the molecule is CCCCCCC1COC(c2ccc3c(F)c(CCc4cc(F)c(OC(F)(F)F)c(F)c4)ccc3c2)OC1. The average molecular weight is 541 g/mol. The number of fused-ring (bicyclic) bond motifs is 1. The first-order valence-corrected chi connectivity index (χ1v) is 12.8. The minimum Gasteiger partial charge on any atom is -0.399 e. The molecule has 3 aromatic rings. The second-order valence-corrected chi connectivity index (χ2v) is 9.67. The Kier molecular flexibility index (Phi) is 9.20. The van der Waals surface area contributed by atoms with Gasteiger partial charge in [-0.2, -0.15) is 0 Å². The molecule has 206 valence electrons. The maximum atomic E-state index is 15.2. The third-order valence-corrected chi connectivity index (χ3v) is 6.72. The highest BCUT2D eigenvalue weighted by Gasteiger charge is 2.34. The molecule has 0 bridgehead atoms. The monoisotopic (exact) mass is 540 g/mol. The number of hydrogen-bond acceptors (Lipinski definition) is 3. The zero-order valence-electron chi connectivity index (χ0n) is 21.1. The molecule has 0 unspecified atom stereocenters. The molecular weight excluding hydrogens is 510 g/mol. The highest BCUT2D eigenvalue weighted by Crippen LogP contribution is 2.32. The molecule has 0 spiro atoms. The van der Waals surface area contributed by atoms with Crippen molar-refractivity contribution < 1.29 is 40.6 Å². The third-order valence-electron chi connectivity index (χ3n) is 6.72. The van der Waals surface area contributed by atoms with Crippen molar-refractivity contribution >= 4 is 10.8 Å². The van der Waals surface area contributed by atoms with E-state index in [2.05, 4.69) is 11.7 Å². The van der Waals surface area contributed by atoms with Gasteiger partial charge < -0.3 is 14.2 Å². The standard InChI is InChI=1S/C29H30F6O3/c1-2-3-4-5-6-19-16-36-28(37-17-19)22-11-12-23-21(15-22)10-9-20(26(23)32)8-7-18-13-24(30)27(25(31)14-18)38-29(33,34)35/h9-15,19,28H,2-8,16-17H2,1H3. The van der Waals surface area contributed by atoms with Gasteiger partial charge in [-0.3, -0.25) is 0 Å². The Balaban J connectivity index is 1.39. The van der Waals surface area contributed by atoms with Crippen LogP contribution in [0.2, 0.25) is 0 Å². The van der Waals surface area contributed by atoms with E-state index >= 15 is 4.39 Å². The fourth-order valence-electron chi connectivity index (χ4n) is 4.71. The van der Waals surface area contributed by atoms with Crippen LogP contribution in [0.3, 0.4) is 0 Å². The highest BCUT2D eigenvalue weighted by molar-refractivity contribution is 5.84. The predicted molar refractivity (Wildman–Crippen MR) is 131 cm³/mol. The van der Waals surface area contributed by atoms with Crippen molar-refractivity contribution in [3.05, 3.63) is 76.6 Å². The van der Waals surface area contributed by atoms with E-state index in [-0.39, 0.29) is 18.4 Å². The largest absolute Gasteiger partial charge is 0.573 e. The maximum absolute atomic E-state index is 15.2. The molecule has 0 atom stereocenters. The van der Waals surface area contributed by atoms with Gasteiger partial charge in [0.15, 0.2) is 17.9 Å². The smallest absolute Gasteiger partial charge is 0.399 e. The molecule has 3 nitrogen and oxygen atoms in total. The summed E-state index contributed by atoms with van der Waals surface area (Å²) >= 11 is 0. The minimum atomic E-state index is -5.22. The van der Waals surface area contributed by atoms with E-state index in [0.29, 0.717) is 35.5 Å². The Morgan fingerprint density at radius 3 is 2.24 bits per heavy atom. The maximum Gasteiger partial charge on any atom is 0.573 e. The molecule has 1 aliphatic heterocycles. The highest BCUT2D eigenvalue weighted by atomic mass is 19.4. The number of benzene rings is 3. The number of rotatable bonds is 10. The van der Waals surface area contributed by atoms with Gasteiger partial charge in [0, 0.05) is 16.9 Å². The Morgan fingerprint density at radius 2 is 1.58 bits per heavy atom. The minimum absolute atomic E-state index is 0.0179. The molecule has 1 saturated heterocycles. The lowest BCUT2D eigenvalue weighted by Gasteiger charge is -2.30.